The van der Waals surface area contributed by atoms with Gasteiger partial charge in [-0.05, 0) is 24.3 Å². The first-order valence-electron chi connectivity index (χ1n) is 4.81. The maximum Gasteiger partial charge on any atom is 0.152 e. The molecule has 0 saturated carbocycles. The van der Waals surface area contributed by atoms with Crippen LogP contribution in [0.25, 0.3) is 5.69 Å². The van der Waals surface area contributed by atoms with Crippen LogP contribution < -0.4 is 0 Å². The van der Waals surface area contributed by atoms with Crippen molar-refractivity contribution in [2.24, 2.45) is 0 Å². The molecular weight excluding hydrogens is 280 g/mol. The van der Waals surface area contributed by atoms with E-state index < -0.39 is 0 Å². The van der Waals surface area contributed by atoms with Crippen molar-refractivity contribution in [2.45, 2.75) is 5.33 Å². The zero-order valence-electron chi connectivity index (χ0n) is 8.76. The lowest BCUT2D eigenvalue weighted by molar-refractivity contribution is 0.800. The van der Waals surface area contributed by atoms with Gasteiger partial charge in [0.25, 0.3) is 0 Å². The standard InChI is InChI=1S/C12H7BrN4/c13-8-11-9-17(16-15-11)12-5-3-10(4-6-12)2-1-7-14/h3-6,9H,8H2. The Morgan fingerprint density at radius 3 is 2.65 bits per heavy atom. The van der Waals surface area contributed by atoms with Crippen LogP contribution in [0.1, 0.15) is 11.3 Å². The van der Waals surface area contributed by atoms with Crippen LogP contribution in [-0.2, 0) is 5.33 Å². The Kier molecular flexibility index (Phi) is 3.54. The third-order valence-electron chi connectivity index (χ3n) is 2.07. The zero-order chi connectivity index (χ0) is 12.1. The lowest BCUT2D eigenvalue weighted by Crippen LogP contribution is -1.94. The summed E-state index contributed by atoms with van der Waals surface area (Å²) in [5.74, 6) is 5.08. The molecule has 5 heteroatoms. The molecule has 1 aromatic heterocycles. The lowest BCUT2D eigenvalue weighted by atomic mass is 10.2. The molecule has 2 rings (SSSR count). The molecule has 1 heterocycles. The number of aromatic nitrogens is 3. The van der Waals surface area contributed by atoms with Crippen molar-refractivity contribution in [1.82, 2.24) is 15.0 Å². The van der Waals surface area contributed by atoms with Crippen LogP contribution in [0.15, 0.2) is 30.5 Å². The highest BCUT2D eigenvalue weighted by Crippen LogP contribution is 2.09. The molecule has 4 nitrogen and oxygen atoms in total. The van der Waals surface area contributed by atoms with E-state index in [0.29, 0.717) is 5.33 Å². The minimum atomic E-state index is 0.679. The summed E-state index contributed by atoms with van der Waals surface area (Å²) >= 11 is 3.32. The van der Waals surface area contributed by atoms with E-state index in [0.717, 1.165) is 16.9 Å². The molecule has 0 aliphatic heterocycles. The maximum atomic E-state index is 8.34. The summed E-state index contributed by atoms with van der Waals surface area (Å²) in [6.45, 7) is 0. The van der Waals surface area contributed by atoms with Crippen molar-refractivity contribution in [3.8, 4) is 23.6 Å². The Morgan fingerprint density at radius 2 is 2.06 bits per heavy atom. The topological polar surface area (TPSA) is 54.5 Å². The third-order valence-corrected chi connectivity index (χ3v) is 2.65. The second-order valence-electron chi connectivity index (χ2n) is 3.20. The molecule has 0 radical (unpaired) electrons. The zero-order valence-corrected chi connectivity index (χ0v) is 10.3. The van der Waals surface area contributed by atoms with Crippen molar-refractivity contribution >= 4 is 15.9 Å². The molecular formula is C12H7BrN4. The van der Waals surface area contributed by atoms with Crippen molar-refractivity contribution < 1.29 is 0 Å². The first-order chi connectivity index (χ1) is 8.33. The van der Waals surface area contributed by atoms with Gasteiger partial charge in [0.15, 0.2) is 6.07 Å². The van der Waals surface area contributed by atoms with Crippen LogP contribution in [0.4, 0.5) is 0 Å². The number of benzene rings is 1. The van der Waals surface area contributed by atoms with Gasteiger partial charge in [-0.2, -0.15) is 5.26 Å². The van der Waals surface area contributed by atoms with Crippen molar-refractivity contribution in [3.63, 3.8) is 0 Å². The van der Waals surface area contributed by atoms with E-state index in [9.17, 15) is 0 Å². The molecule has 0 fully saturated rings. The van der Waals surface area contributed by atoms with Gasteiger partial charge in [0.05, 0.1) is 17.6 Å². The van der Waals surface area contributed by atoms with Crippen LogP contribution in [0, 0.1) is 23.2 Å². The summed E-state index contributed by atoms with van der Waals surface area (Å²) in [5.41, 5.74) is 2.58. The molecule has 0 amide bonds. The molecule has 0 N–H and O–H groups in total. The first-order valence-corrected chi connectivity index (χ1v) is 5.93. The summed E-state index contributed by atoms with van der Waals surface area (Å²) in [6.07, 6.45) is 1.85. The van der Waals surface area contributed by atoms with Gasteiger partial charge in [0, 0.05) is 16.8 Å². The van der Waals surface area contributed by atoms with Gasteiger partial charge in [-0.1, -0.05) is 27.1 Å². The van der Waals surface area contributed by atoms with E-state index in [-0.39, 0.29) is 0 Å². The van der Waals surface area contributed by atoms with Gasteiger partial charge < -0.3 is 0 Å². The fraction of sp³-hybridized carbons (Fsp3) is 0.0833. The average Bonchev–Trinajstić information content (AvgIpc) is 2.86. The number of alkyl halides is 1. The van der Waals surface area contributed by atoms with Crippen LogP contribution in [0.2, 0.25) is 0 Å². The number of hydrogen-bond acceptors (Lipinski definition) is 3. The minimum absolute atomic E-state index is 0.679. The predicted octanol–water partition coefficient (Wildman–Crippen LogP) is 2.04. The van der Waals surface area contributed by atoms with E-state index in [2.05, 4.69) is 38.1 Å². The van der Waals surface area contributed by atoms with Crippen LogP contribution in [0.5, 0.6) is 0 Å². The summed E-state index contributed by atoms with van der Waals surface area (Å²) in [7, 11) is 0. The van der Waals surface area contributed by atoms with Gasteiger partial charge in [-0.15, -0.1) is 5.10 Å². The second-order valence-corrected chi connectivity index (χ2v) is 3.76. The Morgan fingerprint density at radius 1 is 1.29 bits per heavy atom. The molecule has 82 valence electrons. The van der Waals surface area contributed by atoms with Crippen molar-refractivity contribution in [1.29, 1.82) is 5.26 Å². The van der Waals surface area contributed by atoms with Crippen molar-refractivity contribution in [3.05, 3.63) is 41.7 Å². The highest BCUT2D eigenvalue weighted by molar-refractivity contribution is 9.08. The van der Waals surface area contributed by atoms with Crippen LogP contribution in [-0.4, -0.2) is 15.0 Å². The van der Waals surface area contributed by atoms with E-state index in [1.807, 2.05) is 30.5 Å². The van der Waals surface area contributed by atoms with Gasteiger partial charge in [0.1, 0.15) is 0 Å². The molecule has 0 atom stereocenters. The molecule has 0 bridgehead atoms. The maximum absolute atomic E-state index is 8.34. The fourth-order valence-corrected chi connectivity index (χ4v) is 1.54. The van der Waals surface area contributed by atoms with E-state index in [1.165, 1.54) is 0 Å². The van der Waals surface area contributed by atoms with Gasteiger partial charge in [-0.3, -0.25) is 0 Å². The van der Waals surface area contributed by atoms with Gasteiger partial charge in [0.2, 0.25) is 0 Å². The van der Waals surface area contributed by atoms with Crippen LogP contribution in [0.3, 0.4) is 0 Å². The van der Waals surface area contributed by atoms with E-state index in [1.54, 1.807) is 10.8 Å². The summed E-state index contributed by atoms with van der Waals surface area (Å²) in [6, 6.07) is 9.23. The van der Waals surface area contributed by atoms with Crippen molar-refractivity contribution in [2.75, 3.05) is 0 Å². The van der Waals surface area contributed by atoms with E-state index in [4.69, 9.17) is 5.26 Å². The number of hydrogen-bond donors (Lipinski definition) is 0. The summed E-state index contributed by atoms with van der Waals surface area (Å²) < 4.78 is 1.69. The Labute approximate surface area is 107 Å². The SMILES string of the molecule is N#CC#Cc1ccc(-n2cc(CBr)nn2)cc1. The summed E-state index contributed by atoms with van der Waals surface area (Å²) in [5, 5.41) is 17.0. The normalized spacial score (nSPS) is 9.18. The Bertz CT molecular complexity index is 610. The predicted molar refractivity (Wildman–Crippen MR) is 66.5 cm³/mol. The minimum Gasteiger partial charge on any atom is -0.220 e. The molecule has 17 heavy (non-hydrogen) atoms. The molecule has 0 spiro atoms. The van der Waals surface area contributed by atoms with Crippen LogP contribution >= 0.6 is 15.9 Å². The third kappa shape index (κ3) is 2.72. The molecule has 1 aromatic carbocycles. The largest absolute Gasteiger partial charge is 0.220 e. The number of halogens is 1. The first kappa shape index (κ1) is 11.4. The molecule has 0 aliphatic carbocycles. The van der Waals surface area contributed by atoms with Gasteiger partial charge >= 0.3 is 0 Å². The monoisotopic (exact) mass is 286 g/mol. The molecule has 2 aromatic rings. The second kappa shape index (κ2) is 5.29. The molecule has 0 saturated heterocycles. The number of nitriles is 1. The number of nitrogens with zero attached hydrogens (tertiary/aromatic N) is 4. The van der Waals surface area contributed by atoms with E-state index >= 15 is 0 Å². The smallest absolute Gasteiger partial charge is 0.152 e. The van der Waals surface area contributed by atoms with Gasteiger partial charge in [-0.25, -0.2) is 4.68 Å². The highest BCUT2D eigenvalue weighted by atomic mass is 79.9. The average molecular weight is 287 g/mol. The Hall–Kier alpha value is -2.11. The number of rotatable bonds is 2. The highest BCUT2D eigenvalue weighted by Gasteiger charge is 2.00. The molecule has 0 aliphatic rings. The quantitative estimate of drug-likeness (QED) is 0.627. The molecule has 0 unspecified atom stereocenters. The summed E-state index contributed by atoms with van der Waals surface area (Å²) in [4.78, 5) is 0. The Balaban J connectivity index is 2.26. The lowest BCUT2D eigenvalue weighted by Gasteiger charge is -1.98. The fourth-order valence-electron chi connectivity index (χ4n) is 1.28.